The third kappa shape index (κ3) is 2.74. The van der Waals surface area contributed by atoms with Crippen LogP contribution in [-0.4, -0.2) is 26.8 Å². The molecule has 2 aromatic heterocycles. The summed E-state index contributed by atoms with van der Waals surface area (Å²) in [6.45, 7) is 4.15. The molecule has 0 unspecified atom stereocenters. The van der Waals surface area contributed by atoms with Crippen molar-refractivity contribution in [3.8, 4) is 5.82 Å². The highest BCUT2D eigenvalue weighted by Gasteiger charge is 2.09. The van der Waals surface area contributed by atoms with Crippen LogP contribution in [-0.2, 0) is 0 Å². The van der Waals surface area contributed by atoms with Crippen LogP contribution in [0.1, 0.15) is 25.6 Å². The van der Waals surface area contributed by atoms with E-state index in [0.29, 0.717) is 0 Å². The van der Waals surface area contributed by atoms with Crippen molar-refractivity contribution >= 4 is 28.4 Å². The van der Waals surface area contributed by atoms with Gasteiger partial charge in [0.25, 0.3) is 0 Å². The number of halogens is 1. The topological polar surface area (TPSA) is 55.6 Å². The standard InChI is InChI=1S/C11H14IN5/c1-7(2)11-15-9(13-3)4-10(16-11)17-6-8(12)5-14-17/h4-7H,1-3H3,(H,13,15,16). The SMILES string of the molecule is CNc1cc(-n2cc(I)cn2)nc(C(C)C)n1. The van der Waals surface area contributed by atoms with Crippen LogP contribution >= 0.6 is 22.6 Å². The quantitative estimate of drug-likeness (QED) is 0.870. The summed E-state index contributed by atoms with van der Waals surface area (Å²) in [6, 6.07) is 1.88. The molecule has 1 N–H and O–H groups in total. The lowest BCUT2D eigenvalue weighted by Gasteiger charge is -2.09. The molecule has 17 heavy (non-hydrogen) atoms. The van der Waals surface area contributed by atoms with E-state index < -0.39 is 0 Å². The van der Waals surface area contributed by atoms with Gasteiger partial charge in [0, 0.05) is 25.2 Å². The van der Waals surface area contributed by atoms with Crippen molar-refractivity contribution in [2.75, 3.05) is 12.4 Å². The van der Waals surface area contributed by atoms with Crippen LogP contribution in [0, 0.1) is 3.57 Å². The van der Waals surface area contributed by atoms with E-state index in [2.05, 4.69) is 56.8 Å². The van der Waals surface area contributed by atoms with Crippen LogP contribution in [0.15, 0.2) is 18.5 Å². The minimum absolute atomic E-state index is 0.289. The van der Waals surface area contributed by atoms with E-state index in [1.165, 1.54) is 0 Å². The number of aromatic nitrogens is 4. The van der Waals surface area contributed by atoms with E-state index in [4.69, 9.17) is 0 Å². The van der Waals surface area contributed by atoms with Gasteiger partial charge in [0.05, 0.1) is 9.77 Å². The molecule has 0 aliphatic rings. The molecule has 0 atom stereocenters. The van der Waals surface area contributed by atoms with Gasteiger partial charge < -0.3 is 5.32 Å². The molecular weight excluding hydrogens is 329 g/mol. The molecule has 0 amide bonds. The van der Waals surface area contributed by atoms with Crippen molar-refractivity contribution in [2.45, 2.75) is 19.8 Å². The van der Waals surface area contributed by atoms with E-state index >= 15 is 0 Å². The molecule has 2 rings (SSSR count). The fraction of sp³-hybridized carbons (Fsp3) is 0.364. The van der Waals surface area contributed by atoms with Crippen LogP contribution in [0.2, 0.25) is 0 Å². The molecule has 2 heterocycles. The number of anilines is 1. The molecule has 2 aromatic rings. The number of nitrogens with zero attached hydrogens (tertiary/aromatic N) is 4. The van der Waals surface area contributed by atoms with Crippen LogP contribution in [0.4, 0.5) is 5.82 Å². The Bertz CT molecular complexity index is 520. The van der Waals surface area contributed by atoms with E-state index in [0.717, 1.165) is 21.0 Å². The Kier molecular flexibility index (Phi) is 3.60. The van der Waals surface area contributed by atoms with Gasteiger partial charge >= 0.3 is 0 Å². The van der Waals surface area contributed by atoms with Crippen LogP contribution in [0.3, 0.4) is 0 Å². The van der Waals surface area contributed by atoms with Gasteiger partial charge in [-0.3, -0.25) is 0 Å². The number of hydrogen-bond acceptors (Lipinski definition) is 4. The zero-order valence-corrected chi connectivity index (χ0v) is 12.1. The monoisotopic (exact) mass is 343 g/mol. The van der Waals surface area contributed by atoms with Crippen molar-refractivity contribution in [3.05, 3.63) is 27.9 Å². The van der Waals surface area contributed by atoms with Crippen molar-refractivity contribution in [2.24, 2.45) is 0 Å². The minimum Gasteiger partial charge on any atom is -0.373 e. The Morgan fingerprint density at radius 3 is 2.65 bits per heavy atom. The van der Waals surface area contributed by atoms with Gasteiger partial charge in [-0.2, -0.15) is 5.10 Å². The average Bonchev–Trinajstić information content (AvgIpc) is 2.75. The van der Waals surface area contributed by atoms with Crippen molar-refractivity contribution in [3.63, 3.8) is 0 Å². The lowest BCUT2D eigenvalue weighted by molar-refractivity contribution is 0.747. The fourth-order valence-electron chi connectivity index (χ4n) is 1.38. The maximum atomic E-state index is 4.51. The van der Waals surface area contributed by atoms with E-state index in [-0.39, 0.29) is 5.92 Å². The van der Waals surface area contributed by atoms with Gasteiger partial charge in [0.15, 0.2) is 5.82 Å². The highest BCUT2D eigenvalue weighted by Crippen LogP contribution is 2.16. The molecule has 0 spiro atoms. The molecule has 0 bridgehead atoms. The molecular formula is C11H14IN5. The first-order chi connectivity index (χ1) is 8.10. The molecule has 0 aliphatic heterocycles. The van der Waals surface area contributed by atoms with E-state index in [1.807, 2.05) is 19.3 Å². The molecule has 0 radical (unpaired) electrons. The highest BCUT2D eigenvalue weighted by molar-refractivity contribution is 14.1. The Hall–Kier alpha value is -1.18. The van der Waals surface area contributed by atoms with Crippen molar-refractivity contribution < 1.29 is 0 Å². The summed E-state index contributed by atoms with van der Waals surface area (Å²) < 4.78 is 2.84. The van der Waals surface area contributed by atoms with E-state index in [1.54, 1.807) is 10.9 Å². The Balaban J connectivity index is 2.49. The van der Waals surface area contributed by atoms with Gasteiger partial charge in [-0.25, -0.2) is 14.6 Å². The Morgan fingerprint density at radius 1 is 1.35 bits per heavy atom. The second-order valence-electron chi connectivity index (χ2n) is 3.98. The predicted octanol–water partition coefficient (Wildman–Crippen LogP) is 2.43. The fourth-order valence-corrected chi connectivity index (χ4v) is 1.77. The zero-order chi connectivity index (χ0) is 12.4. The lowest BCUT2D eigenvalue weighted by Crippen LogP contribution is -2.07. The average molecular weight is 343 g/mol. The number of nitrogens with one attached hydrogen (secondary N) is 1. The summed E-state index contributed by atoms with van der Waals surface area (Å²) in [5.74, 6) is 2.70. The van der Waals surface area contributed by atoms with Gasteiger partial charge in [-0.1, -0.05) is 13.8 Å². The second-order valence-corrected chi connectivity index (χ2v) is 5.22. The smallest absolute Gasteiger partial charge is 0.159 e. The third-order valence-electron chi connectivity index (χ3n) is 2.29. The van der Waals surface area contributed by atoms with Gasteiger partial charge in [0.1, 0.15) is 11.6 Å². The van der Waals surface area contributed by atoms with Gasteiger partial charge in [-0.15, -0.1) is 0 Å². The molecule has 0 aromatic carbocycles. The van der Waals surface area contributed by atoms with Gasteiger partial charge in [0.2, 0.25) is 0 Å². The van der Waals surface area contributed by atoms with Crippen LogP contribution < -0.4 is 5.32 Å². The maximum absolute atomic E-state index is 4.51. The van der Waals surface area contributed by atoms with Crippen molar-refractivity contribution in [1.29, 1.82) is 0 Å². The summed E-state index contributed by atoms with van der Waals surface area (Å²) in [5, 5.41) is 7.30. The number of rotatable bonds is 3. The normalized spacial score (nSPS) is 10.9. The largest absolute Gasteiger partial charge is 0.373 e. The van der Waals surface area contributed by atoms with E-state index in [9.17, 15) is 0 Å². The lowest BCUT2D eigenvalue weighted by atomic mass is 10.2. The Labute approximate surface area is 114 Å². The summed E-state index contributed by atoms with van der Waals surface area (Å²) in [6.07, 6.45) is 3.74. The molecule has 5 nitrogen and oxygen atoms in total. The molecule has 0 saturated carbocycles. The summed E-state index contributed by atoms with van der Waals surface area (Å²) in [5.41, 5.74) is 0. The zero-order valence-electron chi connectivity index (χ0n) is 9.98. The van der Waals surface area contributed by atoms with Crippen LogP contribution in [0.25, 0.3) is 5.82 Å². The highest BCUT2D eigenvalue weighted by atomic mass is 127. The first-order valence-electron chi connectivity index (χ1n) is 5.37. The predicted molar refractivity (Wildman–Crippen MR) is 75.5 cm³/mol. The third-order valence-corrected chi connectivity index (χ3v) is 2.85. The molecule has 0 saturated heterocycles. The summed E-state index contributed by atoms with van der Waals surface area (Å²) in [4.78, 5) is 8.93. The second kappa shape index (κ2) is 4.99. The van der Waals surface area contributed by atoms with Crippen molar-refractivity contribution in [1.82, 2.24) is 19.7 Å². The first kappa shape index (κ1) is 12.3. The Morgan fingerprint density at radius 2 is 2.12 bits per heavy atom. The molecule has 6 heteroatoms. The maximum Gasteiger partial charge on any atom is 0.159 e. The minimum atomic E-state index is 0.289. The molecule has 90 valence electrons. The number of hydrogen-bond donors (Lipinski definition) is 1. The summed E-state index contributed by atoms with van der Waals surface area (Å²) in [7, 11) is 1.85. The van der Waals surface area contributed by atoms with Crippen LogP contribution in [0.5, 0.6) is 0 Å². The van der Waals surface area contributed by atoms with Gasteiger partial charge in [-0.05, 0) is 22.6 Å². The molecule has 0 aliphatic carbocycles. The molecule has 0 fully saturated rings. The first-order valence-corrected chi connectivity index (χ1v) is 6.45. The summed E-state index contributed by atoms with van der Waals surface area (Å²) >= 11 is 2.23.